The summed E-state index contributed by atoms with van der Waals surface area (Å²) in [5, 5.41) is 7.38. The highest BCUT2D eigenvalue weighted by atomic mass is 32.1. The van der Waals surface area contributed by atoms with E-state index in [0.717, 1.165) is 17.4 Å². The second-order valence-electron chi connectivity index (χ2n) is 5.44. The molecule has 106 valence electrons. The molecule has 0 radical (unpaired) electrons. The van der Waals surface area contributed by atoms with E-state index < -0.39 is 0 Å². The third-order valence-corrected chi connectivity index (χ3v) is 4.24. The predicted octanol–water partition coefficient (Wildman–Crippen LogP) is 3.34. The number of hydrogen-bond donors (Lipinski definition) is 2. The Morgan fingerprint density at radius 2 is 2.05 bits per heavy atom. The summed E-state index contributed by atoms with van der Waals surface area (Å²) in [4.78, 5) is 0. The molecule has 0 aliphatic heterocycles. The fourth-order valence-corrected chi connectivity index (χ4v) is 3.35. The fourth-order valence-electron chi connectivity index (χ4n) is 3.08. The summed E-state index contributed by atoms with van der Waals surface area (Å²) in [7, 11) is 0. The van der Waals surface area contributed by atoms with Crippen LogP contribution < -0.4 is 15.4 Å². The fraction of sp³-hybridized carbons (Fsp3) is 0.438. The highest BCUT2D eigenvalue weighted by Gasteiger charge is 2.35. The van der Waals surface area contributed by atoms with Crippen LogP contribution >= 0.6 is 12.2 Å². The standard InChI is InChI=1S/C16H20N2OS/c1-2-19-14-7-5-13(6-8-14)17-16(20)18-15-10-11-3-4-12(15)9-11/h3-8,11-12,15H,2,9-10H2,1H3,(H2,17,18,20). The summed E-state index contributed by atoms with van der Waals surface area (Å²) in [6.45, 7) is 2.67. The number of rotatable bonds is 4. The molecule has 0 heterocycles. The van der Waals surface area contributed by atoms with Gasteiger partial charge in [-0.1, -0.05) is 12.2 Å². The van der Waals surface area contributed by atoms with Gasteiger partial charge < -0.3 is 15.4 Å². The van der Waals surface area contributed by atoms with E-state index in [1.807, 2.05) is 31.2 Å². The normalized spacial score (nSPS) is 26.6. The zero-order valence-corrected chi connectivity index (χ0v) is 12.5. The lowest BCUT2D eigenvalue weighted by atomic mass is 10.0. The summed E-state index contributed by atoms with van der Waals surface area (Å²) < 4.78 is 5.42. The number of benzene rings is 1. The topological polar surface area (TPSA) is 33.3 Å². The van der Waals surface area contributed by atoms with Crippen molar-refractivity contribution in [3.05, 3.63) is 36.4 Å². The quantitative estimate of drug-likeness (QED) is 0.657. The van der Waals surface area contributed by atoms with Gasteiger partial charge in [-0.3, -0.25) is 0 Å². The Kier molecular flexibility index (Phi) is 3.92. The van der Waals surface area contributed by atoms with E-state index in [1.165, 1.54) is 12.8 Å². The maximum absolute atomic E-state index is 5.42. The number of thiocarbonyl (C=S) groups is 1. The maximum Gasteiger partial charge on any atom is 0.171 e. The van der Waals surface area contributed by atoms with Gasteiger partial charge in [-0.2, -0.15) is 0 Å². The molecule has 0 aromatic heterocycles. The van der Waals surface area contributed by atoms with Crippen molar-refractivity contribution in [3.8, 4) is 5.75 Å². The average Bonchev–Trinajstić information content (AvgIpc) is 3.03. The number of allylic oxidation sites excluding steroid dienone is 1. The molecule has 2 bridgehead atoms. The van der Waals surface area contributed by atoms with E-state index in [1.54, 1.807) is 0 Å². The lowest BCUT2D eigenvalue weighted by molar-refractivity contribution is 0.340. The third kappa shape index (κ3) is 2.96. The van der Waals surface area contributed by atoms with Crippen LogP contribution in [0.5, 0.6) is 5.75 Å². The Balaban J connectivity index is 1.52. The SMILES string of the molecule is CCOc1ccc(NC(=S)NC2CC3C=CC2C3)cc1. The Bertz CT molecular complexity index is 512. The van der Waals surface area contributed by atoms with Crippen LogP contribution in [-0.4, -0.2) is 17.8 Å². The number of nitrogens with one attached hydrogen (secondary N) is 2. The zero-order valence-electron chi connectivity index (χ0n) is 11.6. The van der Waals surface area contributed by atoms with Crippen LogP contribution in [-0.2, 0) is 0 Å². The van der Waals surface area contributed by atoms with E-state index in [-0.39, 0.29) is 0 Å². The molecule has 0 amide bonds. The van der Waals surface area contributed by atoms with Crippen LogP contribution in [0.2, 0.25) is 0 Å². The number of fused-ring (bicyclic) bond motifs is 2. The molecule has 2 aliphatic rings. The van der Waals surface area contributed by atoms with Crippen LogP contribution in [0.15, 0.2) is 36.4 Å². The van der Waals surface area contributed by atoms with E-state index in [0.29, 0.717) is 23.7 Å². The molecule has 0 spiro atoms. The molecule has 20 heavy (non-hydrogen) atoms. The van der Waals surface area contributed by atoms with Gasteiger partial charge in [-0.15, -0.1) is 0 Å². The molecule has 1 fully saturated rings. The van der Waals surface area contributed by atoms with E-state index >= 15 is 0 Å². The first-order chi connectivity index (χ1) is 9.74. The summed E-state index contributed by atoms with van der Waals surface area (Å²) in [5.74, 6) is 2.29. The second-order valence-corrected chi connectivity index (χ2v) is 5.85. The first-order valence-corrected chi connectivity index (χ1v) is 7.64. The largest absolute Gasteiger partial charge is 0.494 e. The Morgan fingerprint density at radius 1 is 1.25 bits per heavy atom. The molecule has 3 rings (SSSR count). The highest BCUT2D eigenvalue weighted by Crippen LogP contribution is 2.38. The van der Waals surface area contributed by atoms with Crippen molar-refractivity contribution in [1.29, 1.82) is 0 Å². The second kappa shape index (κ2) is 5.83. The lowest BCUT2D eigenvalue weighted by Gasteiger charge is -2.22. The van der Waals surface area contributed by atoms with Gasteiger partial charge in [-0.25, -0.2) is 0 Å². The van der Waals surface area contributed by atoms with Crippen LogP contribution in [0, 0.1) is 11.8 Å². The van der Waals surface area contributed by atoms with Crippen LogP contribution in [0.4, 0.5) is 5.69 Å². The summed E-state index contributed by atoms with van der Waals surface area (Å²) in [6, 6.07) is 8.37. The molecule has 2 aliphatic carbocycles. The van der Waals surface area contributed by atoms with Crippen molar-refractivity contribution >= 4 is 23.0 Å². The van der Waals surface area contributed by atoms with Crippen molar-refractivity contribution in [2.24, 2.45) is 11.8 Å². The highest BCUT2D eigenvalue weighted by molar-refractivity contribution is 7.80. The monoisotopic (exact) mass is 288 g/mol. The number of anilines is 1. The van der Waals surface area contributed by atoms with Crippen molar-refractivity contribution in [2.45, 2.75) is 25.8 Å². The van der Waals surface area contributed by atoms with Crippen molar-refractivity contribution in [1.82, 2.24) is 5.32 Å². The Labute approximate surface area is 125 Å². The van der Waals surface area contributed by atoms with E-state index in [2.05, 4.69) is 22.8 Å². The van der Waals surface area contributed by atoms with Crippen LogP contribution in [0.25, 0.3) is 0 Å². The van der Waals surface area contributed by atoms with E-state index in [9.17, 15) is 0 Å². The smallest absolute Gasteiger partial charge is 0.171 e. The van der Waals surface area contributed by atoms with Crippen molar-refractivity contribution < 1.29 is 4.74 Å². The molecule has 0 saturated heterocycles. The molecule has 1 saturated carbocycles. The van der Waals surface area contributed by atoms with Gasteiger partial charge in [0, 0.05) is 11.7 Å². The van der Waals surface area contributed by atoms with Crippen molar-refractivity contribution in [3.63, 3.8) is 0 Å². The molecule has 1 aromatic carbocycles. The Morgan fingerprint density at radius 3 is 2.65 bits per heavy atom. The van der Waals surface area contributed by atoms with Crippen LogP contribution in [0.3, 0.4) is 0 Å². The van der Waals surface area contributed by atoms with Crippen LogP contribution in [0.1, 0.15) is 19.8 Å². The molecule has 4 heteroatoms. The van der Waals surface area contributed by atoms with Gasteiger partial charge in [0.1, 0.15) is 5.75 Å². The van der Waals surface area contributed by atoms with Gasteiger partial charge in [0.05, 0.1) is 6.61 Å². The lowest BCUT2D eigenvalue weighted by Crippen LogP contribution is -2.40. The minimum absolute atomic E-state index is 0.493. The number of ether oxygens (including phenoxy) is 1. The van der Waals surface area contributed by atoms with Gasteiger partial charge in [0.15, 0.2) is 5.11 Å². The summed E-state index contributed by atoms with van der Waals surface area (Å²) in [5.41, 5.74) is 0.990. The molecule has 1 aromatic rings. The average molecular weight is 288 g/mol. The molecular weight excluding hydrogens is 268 g/mol. The van der Waals surface area contributed by atoms with Gasteiger partial charge in [0.25, 0.3) is 0 Å². The maximum atomic E-state index is 5.42. The zero-order chi connectivity index (χ0) is 13.9. The van der Waals surface area contributed by atoms with Gasteiger partial charge >= 0.3 is 0 Å². The first kappa shape index (κ1) is 13.4. The molecule has 3 nitrogen and oxygen atoms in total. The summed E-state index contributed by atoms with van der Waals surface area (Å²) >= 11 is 5.39. The van der Waals surface area contributed by atoms with Crippen molar-refractivity contribution in [2.75, 3.05) is 11.9 Å². The van der Waals surface area contributed by atoms with Gasteiger partial charge in [0.2, 0.25) is 0 Å². The van der Waals surface area contributed by atoms with E-state index in [4.69, 9.17) is 17.0 Å². The minimum Gasteiger partial charge on any atom is -0.494 e. The molecular formula is C16H20N2OS. The molecule has 3 unspecified atom stereocenters. The number of hydrogen-bond acceptors (Lipinski definition) is 2. The molecule has 2 N–H and O–H groups in total. The molecule has 3 atom stereocenters. The summed E-state index contributed by atoms with van der Waals surface area (Å²) in [6.07, 6.45) is 7.15. The Hall–Kier alpha value is -1.55. The minimum atomic E-state index is 0.493. The predicted molar refractivity (Wildman–Crippen MR) is 86.1 cm³/mol. The first-order valence-electron chi connectivity index (χ1n) is 7.23. The third-order valence-electron chi connectivity index (χ3n) is 4.02. The van der Waals surface area contributed by atoms with Gasteiger partial charge in [-0.05, 0) is 68.1 Å².